The van der Waals surface area contributed by atoms with Crippen LogP contribution in [0, 0.1) is 11.8 Å². The molecule has 21 heavy (non-hydrogen) atoms. The van der Waals surface area contributed by atoms with Gasteiger partial charge in [-0.15, -0.1) is 0 Å². The van der Waals surface area contributed by atoms with Gasteiger partial charge >= 0.3 is 0 Å². The van der Waals surface area contributed by atoms with Crippen LogP contribution in [-0.4, -0.2) is 32.4 Å². The van der Waals surface area contributed by atoms with Crippen molar-refractivity contribution in [3.8, 4) is 11.8 Å². The van der Waals surface area contributed by atoms with E-state index < -0.39 is 6.04 Å². The first-order valence-electron chi connectivity index (χ1n) is 6.56. The first kappa shape index (κ1) is 14.8. The minimum atomic E-state index is -0.425. The third kappa shape index (κ3) is 4.16. The minimum Gasteiger partial charge on any atom is -0.395 e. The summed E-state index contributed by atoms with van der Waals surface area (Å²) in [7, 11) is 0. The molecule has 0 aliphatic rings. The molecule has 2 aromatic rings. The molecule has 2 rings (SSSR count). The molecule has 0 aliphatic carbocycles. The predicted molar refractivity (Wildman–Crippen MR) is 78.4 cm³/mol. The number of aliphatic hydroxyl groups is 1. The zero-order valence-corrected chi connectivity index (χ0v) is 11.7. The molecule has 6 nitrogen and oxygen atoms in total. The maximum absolute atomic E-state index is 12.1. The molecule has 0 radical (unpaired) electrons. The van der Waals surface area contributed by atoms with Crippen LogP contribution in [0.15, 0.2) is 36.8 Å². The highest BCUT2D eigenvalue weighted by Gasteiger charge is 2.15. The fourth-order valence-electron chi connectivity index (χ4n) is 1.66. The van der Waals surface area contributed by atoms with Crippen LogP contribution in [0.3, 0.4) is 0 Å². The summed E-state index contributed by atoms with van der Waals surface area (Å²) in [4.78, 5) is 16.2. The Morgan fingerprint density at radius 1 is 1.52 bits per heavy atom. The van der Waals surface area contributed by atoms with Crippen molar-refractivity contribution in [2.45, 2.75) is 19.4 Å². The lowest BCUT2D eigenvalue weighted by molar-refractivity contribution is -0.119. The second kappa shape index (κ2) is 7.22. The van der Waals surface area contributed by atoms with Crippen molar-refractivity contribution in [1.82, 2.24) is 14.8 Å². The Balaban J connectivity index is 2.04. The number of nitrogens with one attached hydrogen (secondary N) is 1. The fraction of sp³-hybridized carbons (Fsp3) is 0.267. The van der Waals surface area contributed by atoms with Gasteiger partial charge in [0.05, 0.1) is 6.61 Å². The molecule has 0 aliphatic heterocycles. The molecule has 0 saturated heterocycles. The lowest BCUT2D eigenvalue weighted by Crippen LogP contribution is -2.24. The van der Waals surface area contributed by atoms with E-state index in [0.717, 1.165) is 5.56 Å². The first-order chi connectivity index (χ1) is 10.2. The molecule has 0 spiro atoms. The predicted octanol–water partition coefficient (Wildman–Crippen LogP) is 1.21. The summed E-state index contributed by atoms with van der Waals surface area (Å²) in [5, 5.41) is 15.5. The Morgan fingerprint density at radius 2 is 2.38 bits per heavy atom. The van der Waals surface area contributed by atoms with E-state index in [1.165, 1.54) is 0 Å². The fourth-order valence-corrected chi connectivity index (χ4v) is 1.66. The molecule has 2 aromatic heterocycles. The van der Waals surface area contributed by atoms with Crippen LogP contribution in [0.5, 0.6) is 0 Å². The van der Waals surface area contributed by atoms with Crippen molar-refractivity contribution in [1.29, 1.82) is 0 Å². The second-order valence-corrected chi connectivity index (χ2v) is 4.36. The van der Waals surface area contributed by atoms with E-state index in [2.05, 4.69) is 27.2 Å². The maximum atomic E-state index is 12.1. The molecular formula is C15H16N4O2. The number of aliphatic hydroxyl groups excluding tert-OH is 1. The molecular weight excluding hydrogens is 268 g/mol. The number of hydrogen-bond acceptors (Lipinski definition) is 4. The van der Waals surface area contributed by atoms with Gasteiger partial charge in [0.2, 0.25) is 5.91 Å². The summed E-state index contributed by atoms with van der Waals surface area (Å²) in [6.45, 7) is 1.79. The number of anilines is 1. The van der Waals surface area contributed by atoms with Gasteiger partial charge in [0, 0.05) is 30.6 Å². The average molecular weight is 284 g/mol. The molecule has 6 heteroatoms. The molecule has 108 valence electrons. The van der Waals surface area contributed by atoms with E-state index in [1.54, 1.807) is 48.4 Å². The molecule has 2 heterocycles. The van der Waals surface area contributed by atoms with Gasteiger partial charge in [-0.2, -0.15) is 5.10 Å². The van der Waals surface area contributed by atoms with Crippen molar-refractivity contribution in [3.63, 3.8) is 0 Å². The first-order valence-corrected chi connectivity index (χ1v) is 6.56. The molecule has 1 atom stereocenters. The summed E-state index contributed by atoms with van der Waals surface area (Å²) in [5.41, 5.74) is 0.737. The van der Waals surface area contributed by atoms with Crippen LogP contribution < -0.4 is 5.32 Å². The van der Waals surface area contributed by atoms with E-state index in [4.69, 9.17) is 5.11 Å². The van der Waals surface area contributed by atoms with Gasteiger partial charge in [-0.05, 0) is 25.1 Å². The normalized spacial score (nSPS) is 11.3. The smallest absolute Gasteiger partial charge is 0.250 e. The summed E-state index contributed by atoms with van der Waals surface area (Å²) < 4.78 is 1.57. The highest BCUT2D eigenvalue weighted by Crippen LogP contribution is 2.10. The van der Waals surface area contributed by atoms with Crippen LogP contribution in [0.1, 0.15) is 24.9 Å². The zero-order chi connectivity index (χ0) is 15.1. The number of nitrogens with zero attached hydrogens (tertiary/aromatic N) is 3. The van der Waals surface area contributed by atoms with Crippen molar-refractivity contribution in [2.24, 2.45) is 0 Å². The lowest BCUT2D eigenvalue weighted by atomic mass is 10.2. The third-order valence-corrected chi connectivity index (χ3v) is 2.78. The number of rotatable bonds is 4. The van der Waals surface area contributed by atoms with Crippen molar-refractivity contribution < 1.29 is 9.90 Å². The SMILES string of the molecule is CC(C(=O)Nc1cc(C#CCCO)ccn1)n1cccn1. The Morgan fingerprint density at radius 3 is 3.10 bits per heavy atom. The van der Waals surface area contributed by atoms with E-state index in [0.29, 0.717) is 12.2 Å². The summed E-state index contributed by atoms with van der Waals surface area (Å²) in [6, 6.07) is 4.78. The van der Waals surface area contributed by atoms with Gasteiger partial charge in [0.25, 0.3) is 0 Å². The van der Waals surface area contributed by atoms with Gasteiger partial charge in [-0.25, -0.2) is 4.98 Å². The largest absolute Gasteiger partial charge is 0.395 e. The third-order valence-electron chi connectivity index (χ3n) is 2.78. The van der Waals surface area contributed by atoms with Crippen molar-refractivity contribution in [2.75, 3.05) is 11.9 Å². The van der Waals surface area contributed by atoms with Crippen molar-refractivity contribution >= 4 is 11.7 Å². The molecule has 0 aromatic carbocycles. The van der Waals surface area contributed by atoms with E-state index in [1.807, 2.05) is 0 Å². The number of amides is 1. The Hall–Kier alpha value is -2.65. The molecule has 0 fully saturated rings. The highest BCUT2D eigenvalue weighted by molar-refractivity contribution is 5.92. The quantitative estimate of drug-likeness (QED) is 0.827. The number of hydrogen-bond donors (Lipinski definition) is 2. The van der Waals surface area contributed by atoms with Gasteiger partial charge < -0.3 is 10.4 Å². The number of carbonyl (C=O) groups is 1. The Kier molecular flexibility index (Phi) is 5.07. The number of pyridine rings is 1. The molecule has 0 saturated carbocycles. The number of aromatic nitrogens is 3. The summed E-state index contributed by atoms with van der Waals surface area (Å²) in [5.74, 6) is 5.96. The van der Waals surface area contributed by atoms with Gasteiger partial charge in [0.15, 0.2) is 0 Å². The van der Waals surface area contributed by atoms with Crippen LogP contribution in [0.2, 0.25) is 0 Å². The summed E-state index contributed by atoms with van der Waals surface area (Å²) in [6.07, 6.45) is 5.35. The topological polar surface area (TPSA) is 80.0 Å². The van der Waals surface area contributed by atoms with Crippen LogP contribution in [0.25, 0.3) is 0 Å². The molecule has 0 bridgehead atoms. The summed E-state index contributed by atoms with van der Waals surface area (Å²) >= 11 is 0. The Bertz CT molecular complexity index is 656. The van der Waals surface area contributed by atoms with Crippen LogP contribution in [0.4, 0.5) is 5.82 Å². The average Bonchev–Trinajstić information content (AvgIpc) is 3.01. The molecule has 1 amide bonds. The van der Waals surface area contributed by atoms with Gasteiger partial charge in [0.1, 0.15) is 11.9 Å². The Labute approximate surface area is 122 Å². The van der Waals surface area contributed by atoms with Crippen molar-refractivity contribution in [3.05, 3.63) is 42.4 Å². The van der Waals surface area contributed by atoms with Gasteiger partial charge in [-0.1, -0.05) is 11.8 Å². The zero-order valence-electron chi connectivity index (χ0n) is 11.7. The molecule has 1 unspecified atom stereocenters. The minimum absolute atomic E-state index is 0.0308. The lowest BCUT2D eigenvalue weighted by Gasteiger charge is -2.12. The van der Waals surface area contributed by atoms with Crippen LogP contribution in [-0.2, 0) is 4.79 Å². The van der Waals surface area contributed by atoms with E-state index in [-0.39, 0.29) is 12.5 Å². The van der Waals surface area contributed by atoms with E-state index in [9.17, 15) is 4.79 Å². The second-order valence-electron chi connectivity index (χ2n) is 4.36. The number of carbonyl (C=O) groups excluding carboxylic acids is 1. The van der Waals surface area contributed by atoms with E-state index >= 15 is 0 Å². The van der Waals surface area contributed by atoms with Gasteiger partial charge in [-0.3, -0.25) is 9.48 Å². The maximum Gasteiger partial charge on any atom is 0.250 e. The van der Waals surface area contributed by atoms with Crippen LogP contribution >= 0.6 is 0 Å². The highest BCUT2D eigenvalue weighted by atomic mass is 16.2. The molecule has 2 N–H and O–H groups in total. The standard InChI is InChI=1S/C15H16N4O2/c1-12(19-9-4-7-17-19)15(21)18-14-11-13(6-8-16-14)5-2-3-10-20/h4,6-9,11-12,20H,3,10H2,1H3,(H,16,18,21). The monoisotopic (exact) mass is 284 g/mol.